The molecule has 21 heavy (non-hydrogen) atoms. The van der Waals surface area contributed by atoms with Crippen molar-refractivity contribution in [3.8, 4) is 0 Å². The van der Waals surface area contributed by atoms with Crippen LogP contribution in [-0.4, -0.2) is 16.1 Å². The molecule has 0 bridgehead atoms. The first-order valence-corrected chi connectivity index (χ1v) is 7.12. The minimum Gasteiger partial charge on any atom is -0.478 e. The summed E-state index contributed by atoms with van der Waals surface area (Å²) in [5.74, 6) is -0.312. The van der Waals surface area contributed by atoms with Crippen molar-refractivity contribution < 1.29 is 9.90 Å². The molecule has 0 unspecified atom stereocenters. The zero-order valence-corrected chi connectivity index (χ0v) is 12.2. The van der Waals surface area contributed by atoms with Gasteiger partial charge in [0.05, 0.1) is 23.1 Å². The van der Waals surface area contributed by atoms with E-state index in [1.165, 1.54) is 18.5 Å². The number of carboxylic acids is 1. The molecule has 1 aromatic heterocycles. The van der Waals surface area contributed by atoms with Gasteiger partial charge in [-0.2, -0.15) is 0 Å². The Bertz CT molecular complexity index is 706. The Hall–Kier alpha value is -2.36. The van der Waals surface area contributed by atoms with E-state index in [2.05, 4.69) is 17.2 Å². The SMILES string of the molecule is Cc1ccc(Nc2cnc(C3CC3)c(C)c2)c(C(=O)O)c1. The minimum absolute atomic E-state index is 0.277. The molecule has 0 atom stereocenters. The van der Waals surface area contributed by atoms with Gasteiger partial charge in [-0.15, -0.1) is 0 Å². The normalized spacial score (nSPS) is 14.0. The second kappa shape index (κ2) is 5.20. The monoisotopic (exact) mass is 282 g/mol. The number of aromatic carboxylic acids is 1. The lowest BCUT2D eigenvalue weighted by Crippen LogP contribution is -2.04. The van der Waals surface area contributed by atoms with Crippen molar-refractivity contribution >= 4 is 17.3 Å². The first-order chi connectivity index (χ1) is 10.0. The number of nitrogens with zero attached hydrogens (tertiary/aromatic N) is 1. The number of benzene rings is 1. The number of aryl methyl sites for hydroxylation is 2. The molecule has 1 aromatic carbocycles. The molecular weight excluding hydrogens is 264 g/mol. The van der Waals surface area contributed by atoms with Crippen molar-refractivity contribution in [2.45, 2.75) is 32.6 Å². The van der Waals surface area contributed by atoms with Crippen molar-refractivity contribution in [1.29, 1.82) is 0 Å². The van der Waals surface area contributed by atoms with Crippen LogP contribution in [0.2, 0.25) is 0 Å². The van der Waals surface area contributed by atoms with Crippen LogP contribution in [-0.2, 0) is 0 Å². The number of carboxylic acid groups (broad SMARTS) is 1. The summed E-state index contributed by atoms with van der Waals surface area (Å²) in [6, 6.07) is 7.40. The Morgan fingerprint density at radius 3 is 2.67 bits per heavy atom. The molecule has 1 aliphatic rings. The van der Waals surface area contributed by atoms with Crippen LogP contribution in [0.15, 0.2) is 30.5 Å². The largest absolute Gasteiger partial charge is 0.478 e. The first kappa shape index (κ1) is 13.6. The van der Waals surface area contributed by atoms with Crippen LogP contribution < -0.4 is 5.32 Å². The van der Waals surface area contributed by atoms with E-state index in [0.717, 1.165) is 16.8 Å². The maximum absolute atomic E-state index is 11.3. The van der Waals surface area contributed by atoms with E-state index in [1.54, 1.807) is 18.3 Å². The third-order valence-electron chi connectivity index (χ3n) is 3.77. The quantitative estimate of drug-likeness (QED) is 0.889. The molecule has 1 fully saturated rings. The van der Waals surface area contributed by atoms with Gasteiger partial charge in [0.2, 0.25) is 0 Å². The van der Waals surface area contributed by atoms with Crippen LogP contribution in [0.25, 0.3) is 0 Å². The highest BCUT2D eigenvalue weighted by Crippen LogP contribution is 2.40. The predicted octanol–water partition coefficient (Wildman–Crippen LogP) is 4.02. The zero-order chi connectivity index (χ0) is 15.0. The van der Waals surface area contributed by atoms with Gasteiger partial charge in [0.25, 0.3) is 0 Å². The molecule has 0 saturated heterocycles. The van der Waals surface area contributed by atoms with Crippen molar-refractivity contribution in [2.24, 2.45) is 0 Å². The number of pyridine rings is 1. The summed E-state index contributed by atoms with van der Waals surface area (Å²) in [7, 11) is 0. The van der Waals surface area contributed by atoms with Gasteiger partial charge < -0.3 is 10.4 Å². The molecule has 0 amide bonds. The Labute approximate surface area is 123 Å². The Morgan fingerprint density at radius 2 is 2.05 bits per heavy atom. The summed E-state index contributed by atoms with van der Waals surface area (Å²) >= 11 is 0. The average Bonchev–Trinajstić information content (AvgIpc) is 3.25. The summed E-state index contributed by atoms with van der Waals surface area (Å²) < 4.78 is 0. The summed E-state index contributed by atoms with van der Waals surface area (Å²) in [5.41, 5.74) is 4.95. The van der Waals surface area contributed by atoms with E-state index in [-0.39, 0.29) is 5.56 Å². The van der Waals surface area contributed by atoms with Gasteiger partial charge in [0.1, 0.15) is 0 Å². The fourth-order valence-electron chi connectivity index (χ4n) is 2.54. The number of nitrogens with one attached hydrogen (secondary N) is 1. The highest BCUT2D eigenvalue weighted by Gasteiger charge is 2.26. The highest BCUT2D eigenvalue weighted by atomic mass is 16.4. The smallest absolute Gasteiger partial charge is 0.337 e. The maximum atomic E-state index is 11.3. The first-order valence-electron chi connectivity index (χ1n) is 7.12. The number of hydrogen-bond donors (Lipinski definition) is 2. The van der Waals surface area contributed by atoms with Gasteiger partial charge >= 0.3 is 5.97 Å². The van der Waals surface area contributed by atoms with Crippen LogP contribution in [0, 0.1) is 13.8 Å². The number of aromatic nitrogens is 1. The van der Waals surface area contributed by atoms with Gasteiger partial charge in [-0.3, -0.25) is 4.98 Å². The van der Waals surface area contributed by atoms with Crippen LogP contribution >= 0.6 is 0 Å². The average molecular weight is 282 g/mol. The van der Waals surface area contributed by atoms with Crippen LogP contribution in [0.1, 0.15) is 45.9 Å². The summed E-state index contributed by atoms with van der Waals surface area (Å²) in [6.07, 6.45) is 4.23. The summed E-state index contributed by atoms with van der Waals surface area (Å²) in [6.45, 7) is 3.94. The molecular formula is C17H18N2O2. The summed E-state index contributed by atoms with van der Waals surface area (Å²) in [4.78, 5) is 15.8. The van der Waals surface area contributed by atoms with E-state index in [4.69, 9.17) is 0 Å². The third kappa shape index (κ3) is 2.89. The maximum Gasteiger partial charge on any atom is 0.337 e. The zero-order valence-electron chi connectivity index (χ0n) is 12.2. The fourth-order valence-corrected chi connectivity index (χ4v) is 2.54. The van der Waals surface area contributed by atoms with Gasteiger partial charge in [-0.1, -0.05) is 11.6 Å². The molecule has 1 aliphatic carbocycles. The predicted molar refractivity (Wildman–Crippen MR) is 82.4 cm³/mol. The second-order valence-electron chi connectivity index (χ2n) is 5.68. The molecule has 4 nitrogen and oxygen atoms in total. The van der Waals surface area contributed by atoms with Crippen molar-refractivity contribution in [2.75, 3.05) is 5.32 Å². The van der Waals surface area contributed by atoms with Crippen molar-refractivity contribution in [3.63, 3.8) is 0 Å². The van der Waals surface area contributed by atoms with Crippen LogP contribution in [0.4, 0.5) is 11.4 Å². The Kier molecular flexibility index (Phi) is 3.37. The Balaban J connectivity index is 1.89. The number of rotatable bonds is 4. The Morgan fingerprint density at radius 1 is 1.29 bits per heavy atom. The van der Waals surface area contributed by atoms with Gasteiger partial charge in [0, 0.05) is 11.6 Å². The van der Waals surface area contributed by atoms with Gasteiger partial charge in [-0.25, -0.2) is 4.79 Å². The van der Waals surface area contributed by atoms with E-state index < -0.39 is 5.97 Å². The molecule has 0 radical (unpaired) electrons. The van der Waals surface area contributed by atoms with E-state index >= 15 is 0 Å². The van der Waals surface area contributed by atoms with Crippen LogP contribution in [0.5, 0.6) is 0 Å². The minimum atomic E-state index is -0.930. The van der Waals surface area contributed by atoms with Crippen LogP contribution in [0.3, 0.4) is 0 Å². The highest BCUT2D eigenvalue weighted by molar-refractivity contribution is 5.95. The lowest BCUT2D eigenvalue weighted by atomic mass is 10.1. The number of hydrogen-bond acceptors (Lipinski definition) is 3. The van der Waals surface area contributed by atoms with E-state index in [1.807, 2.05) is 19.1 Å². The van der Waals surface area contributed by atoms with E-state index in [0.29, 0.717) is 11.6 Å². The topological polar surface area (TPSA) is 62.2 Å². The van der Waals surface area contributed by atoms with Crippen molar-refractivity contribution in [3.05, 3.63) is 52.8 Å². The molecule has 4 heteroatoms. The molecule has 108 valence electrons. The fraction of sp³-hybridized carbons (Fsp3) is 0.294. The lowest BCUT2D eigenvalue weighted by molar-refractivity contribution is 0.0698. The lowest BCUT2D eigenvalue weighted by Gasteiger charge is -2.12. The summed E-state index contributed by atoms with van der Waals surface area (Å²) in [5, 5.41) is 12.5. The number of carbonyl (C=O) groups is 1. The molecule has 1 saturated carbocycles. The molecule has 0 spiro atoms. The number of anilines is 2. The van der Waals surface area contributed by atoms with Gasteiger partial charge in [0.15, 0.2) is 0 Å². The second-order valence-corrected chi connectivity index (χ2v) is 5.68. The molecule has 2 aromatic rings. The van der Waals surface area contributed by atoms with Crippen molar-refractivity contribution in [1.82, 2.24) is 4.98 Å². The molecule has 3 rings (SSSR count). The van der Waals surface area contributed by atoms with E-state index in [9.17, 15) is 9.90 Å². The molecule has 2 N–H and O–H groups in total. The molecule has 1 heterocycles. The standard InChI is InChI=1S/C17H18N2O2/c1-10-3-6-15(14(7-10)17(20)21)19-13-8-11(2)16(18-9-13)12-4-5-12/h3,6-9,12,19H,4-5H2,1-2H3,(H,20,21). The molecule has 0 aliphatic heterocycles. The third-order valence-corrected chi connectivity index (χ3v) is 3.77. The van der Waals surface area contributed by atoms with Gasteiger partial charge in [-0.05, 0) is 50.5 Å².